The van der Waals surface area contributed by atoms with Gasteiger partial charge in [0.2, 0.25) is 15.9 Å². The molecular weight excluding hydrogens is 360 g/mol. The van der Waals surface area contributed by atoms with Gasteiger partial charge in [0, 0.05) is 13.1 Å². The van der Waals surface area contributed by atoms with E-state index in [1.165, 1.54) is 17.7 Å². The lowest BCUT2D eigenvalue weighted by Gasteiger charge is -2.33. The number of amides is 1. The Morgan fingerprint density at radius 2 is 1.59 bits per heavy atom. The van der Waals surface area contributed by atoms with E-state index in [9.17, 15) is 13.2 Å². The number of hydrogen-bond acceptors (Lipinski definition) is 3. The van der Waals surface area contributed by atoms with Crippen LogP contribution in [0.15, 0.2) is 65.6 Å². The molecule has 27 heavy (non-hydrogen) atoms. The molecule has 1 atom stereocenters. The van der Waals surface area contributed by atoms with E-state index < -0.39 is 16.1 Å². The standard InChI is InChI=1S/C21H26N2O3S/c1-17(22-27(25,26)20-10-6-3-7-11-20)21(24)23-14-12-19(13-15-23)16-18-8-4-2-5-9-18/h2-11,17,19,22H,12-16H2,1H3/t17-/m1/s1. The van der Waals surface area contributed by atoms with Gasteiger partial charge in [-0.05, 0) is 49.8 Å². The van der Waals surface area contributed by atoms with Gasteiger partial charge in [-0.15, -0.1) is 0 Å². The molecule has 0 radical (unpaired) electrons. The van der Waals surface area contributed by atoms with Crippen LogP contribution in [0.3, 0.4) is 0 Å². The van der Waals surface area contributed by atoms with Crippen LogP contribution in [0.5, 0.6) is 0 Å². The fourth-order valence-corrected chi connectivity index (χ4v) is 4.75. The second kappa shape index (κ2) is 8.67. The zero-order valence-electron chi connectivity index (χ0n) is 15.5. The quantitative estimate of drug-likeness (QED) is 0.830. The summed E-state index contributed by atoms with van der Waals surface area (Å²) < 4.78 is 27.3. The van der Waals surface area contributed by atoms with Crippen LogP contribution in [0.4, 0.5) is 0 Å². The Labute approximate surface area is 161 Å². The number of nitrogens with one attached hydrogen (secondary N) is 1. The predicted octanol–water partition coefficient (Wildman–Crippen LogP) is 2.83. The Morgan fingerprint density at radius 3 is 2.19 bits per heavy atom. The van der Waals surface area contributed by atoms with Crippen molar-refractivity contribution in [3.8, 4) is 0 Å². The second-order valence-electron chi connectivity index (χ2n) is 7.11. The first kappa shape index (κ1) is 19.6. The molecule has 5 nitrogen and oxygen atoms in total. The van der Waals surface area contributed by atoms with Crippen molar-refractivity contribution in [3.05, 3.63) is 66.2 Å². The van der Waals surface area contributed by atoms with Gasteiger partial charge in [-0.1, -0.05) is 48.5 Å². The summed E-state index contributed by atoms with van der Waals surface area (Å²) in [4.78, 5) is 14.6. The van der Waals surface area contributed by atoms with Gasteiger partial charge in [0.05, 0.1) is 10.9 Å². The van der Waals surface area contributed by atoms with Gasteiger partial charge in [0.15, 0.2) is 0 Å². The van der Waals surface area contributed by atoms with Gasteiger partial charge in [-0.3, -0.25) is 4.79 Å². The van der Waals surface area contributed by atoms with Crippen molar-refractivity contribution in [2.24, 2.45) is 5.92 Å². The smallest absolute Gasteiger partial charge is 0.241 e. The summed E-state index contributed by atoms with van der Waals surface area (Å²) in [5, 5.41) is 0. The molecule has 2 aromatic carbocycles. The van der Waals surface area contributed by atoms with Gasteiger partial charge >= 0.3 is 0 Å². The maximum absolute atomic E-state index is 12.7. The van der Waals surface area contributed by atoms with E-state index in [2.05, 4.69) is 29.0 Å². The number of sulfonamides is 1. The van der Waals surface area contributed by atoms with E-state index in [0.29, 0.717) is 19.0 Å². The van der Waals surface area contributed by atoms with Crippen LogP contribution in [0, 0.1) is 5.92 Å². The summed E-state index contributed by atoms with van der Waals surface area (Å²) in [6, 6.07) is 17.7. The van der Waals surface area contributed by atoms with Crippen LogP contribution in [-0.2, 0) is 21.2 Å². The molecule has 6 heteroatoms. The third-order valence-electron chi connectivity index (χ3n) is 5.05. The molecule has 2 aromatic rings. The average molecular weight is 387 g/mol. The first-order chi connectivity index (χ1) is 13.0. The molecule has 0 aromatic heterocycles. The van der Waals surface area contributed by atoms with E-state index in [-0.39, 0.29) is 10.8 Å². The maximum atomic E-state index is 12.7. The molecule has 0 spiro atoms. The molecule has 1 aliphatic heterocycles. The molecule has 144 valence electrons. The number of nitrogens with zero attached hydrogens (tertiary/aromatic N) is 1. The summed E-state index contributed by atoms with van der Waals surface area (Å²) >= 11 is 0. The van der Waals surface area contributed by atoms with E-state index in [1.807, 2.05) is 6.07 Å². The van der Waals surface area contributed by atoms with Crippen molar-refractivity contribution < 1.29 is 13.2 Å². The minimum Gasteiger partial charge on any atom is -0.341 e. The highest BCUT2D eigenvalue weighted by Gasteiger charge is 2.28. The van der Waals surface area contributed by atoms with Gasteiger partial charge in [-0.25, -0.2) is 8.42 Å². The minimum atomic E-state index is -3.69. The van der Waals surface area contributed by atoms with Crippen LogP contribution in [0.25, 0.3) is 0 Å². The highest BCUT2D eigenvalue weighted by Crippen LogP contribution is 2.22. The number of benzene rings is 2. The van der Waals surface area contributed by atoms with Crippen molar-refractivity contribution in [2.75, 3.05) is 13.1 Å². The number of carbonyl (C=O) groups excluding carboxylic acids is 1. The number of rotatable bonds is 6. The number of likely N-dealkylation sites (tertiary alicyclic amines) is 1. The Bertz CT molecular complexity index is 846. The van der Waals surface area contributed by atoms with Gasteiger partial charge in [0.1, 0.15) is 0 Å². The van der Waals surface area contributed by atoms with Crippen LogP contribution in [-0.4, -0.2) is 38.4 Å². The topological polar surface area (TPSA) is 66.5 Å². The molecule has 3 rings (SSSR count). The highest BCUT2D eigenvalue weighted by atomic mass is 32.2. The molecule has 1 heterocycles. The summed E-state index contributed by atoms with van der Waals surface area (Å²) in [7, 11) is -3.69. The lowest BCUT2D eigenvalue weighted by atomic mass is 9.90. The molecule has 0 saturated carbocycles. The van der Waals surface area contributed by atoms with E-state index >= 15 is 0 Å². The predicted molar refractivity (Wildman–Crippen MR) is 106 cm³/mol. The summed E-state index contributed by atoms with van der Waals surface area (Å²) in [5.74, 6) is 0.403. The van der Waals surface area contributed by atoms with Gasteiger partial charge < -0.3 is 4.90 Å². The highest BCUT2D eigenvalue weighted by molar-refractivity contribution is 7.89. The molecule has 0 unspecified atom stereocenters. The number of carbonyl (C=O) groups is 1. The average Bonchev–Trinajstić information content (AvgIpc) is 2.69. The molecule has 1 saturated heterocycles. The minimum absolute atomic E-state index is 0.160. The molecule has 1 aliphatic rings. The number of piperidine rings is 1. The van der Waals surface area contributed by atoms with Crippen molar-refractivity contribution in [2.45, 2.75) is 37.1 Å². The Morgan fingerprint density at radius 1 is 1.04 bits per heavy atom. The number of hydrogen-bond donors (Lipinski definition) is 1. The third kappa shape index (κ3) is 5.17. The van der Waals surface area contributed by atoms with E-state index in [4.69, 9.17) is 0 Å². The van der Waals surface area contributed by atoms with E-state index in [0.717, 1.165) is 19.3 Å². The third-order valence-corrected chi connectivity index (χ3v) is 6.61. The van der Waals surface area contributed by atoms with Crippen molar-refractivity contribution in [1.82, 2.24) is 9.62 Å². The van der Waals surface area contributed by atoms with Gasteiger partial charge in [0.25, 0.3) is 0 Å². The molecular formula is C21H26N2O3S. The van der Waals surface area contributed by atoms with Crippen LogP contribution in [0.2, 0.25) is 0 Å². The van der Waals surface area contributed by atoms with Crippen LogP contribution in [0.1, 0.15) is 25.3 Å². The lowest BCUT2D eigenvalue weighted by molar-refractivity contribution is -0.133. The van der Waals surface area contributed by atoms with Crippen LogP contribution < -0.4 is 4.72 Å². The first-order valence-corrected chi connectivity index (χ1v) is 10.8. The SMILES string of the molecule is C[C@@H](NS(=O)(=O)c1ccccc1)C(=O)N1CCC(Cc2ccccc2)CC1. The lowest BCUT2D eigenvalue weighted by Crippen LogP contribution is -2.49. The summed E-state index contributed by atoms with van der Waals surface area (Å²) in [6.45, 7) is 2.96. The molecule has 1 amide bonds. The van der Waals surface area contributed by atoms with Crippen molar-refractivity contribution >= 4 is 15.9 Å². The first-order valence-electron chi connectivity index (χ1n) is 9.36. The Hall–Kier alpha value is -2.18. The monoisotopic (exact) mass is 386 g/mol. The second-order valence-corrected chi connectivity index (χ2v) is 8.83. The summed E-state index contributed by atoms with van der Waals surface area (Å²) in [5.41, 5.74) is 1.33. The fourth-order valence-electron chi connectivity index (χ4n) is 3.53. The Balaban J connectivity index is 1.53. The Kier molecular flexibility index (Phi) is 6.29. The summed E-state index contributed by atoms with van der Waals surface area (Å²) in [6.07, 6.45) is 2.91. The van der Waals surface area contributed by atoms with E-state index in [1.54, 1.807) is 30.0 Å². The van der Waals surface area contributed by atoms with Crippen LogP contribution >= 0.6 is 0 Å². The molecule has 0 aliphatic carbocycles. The molecule has 0 bridgehead atoms. The largest absolute Gasteiger partial charge is 0.341 e. The normalized spacial score (nSPS) is 16.9. The van der Waals surface area contributed by atoms with Crippen molar-refractivity contribution in [3.63, 3.8) is 0 Å². The zero-order chi connectivity index (χ0) is 19.3. The zero-order valence-corrected chi connectivity index (χ0v) is 16.4. The van der Waals surface area contributed by atoms with Gasteiger partial charge in [-0.2, -0.15) is 4.72 Å². The molecule has 1 N–H and O–H groups in total. The molecule has 1 fully saturated rings. The maximum Gasteiger partial charge on any atom is 0.241 e. The fraction of sp³-hybridized carbons (Fsp3) is 0.381. The van der Waals surface area contributed by atoms with Crippen molar-refractivity contribution in [1.29, 1.82) is 0 Å².